The number of rotatable bonds is 7. The molecular formula is C13H28N2O. The Morgan fingerprint density at radius 1 is 1.38 bits per heavy atom. The standard InChI is InChI=1S/C13H28N2O/c1-4-7-14-10-13(11-16-3)15-8-5-12(2)6-9-15/h12-14H,4-11H2,1-3H3. The first-order chi connectivity index (χ1) is 7.77. The number of ether oxygens (including phenoxy) is 1. The van der Waals surface area contributed by atoms with Gasteiger partial charge in [-0.2, -0.15) is 0 Å². The summed E-state index contributed by atoms with van der Waals surface area (Å²) in [5.41, 5.74) is 0. The van der Waals surface area contributed by atoms with E-state index < -0.39 is 0 Å². The Hall–Kier alpha value is -0.120. The molecule has 1 saturated heterocycles. The van der Waals surface area contributed by atoms with E-state index >= 15 is 0 Å². The molecule has 16 heavy (non-hydrogen) atoms. The van der Waals surface area contributed by atoms with Crippen LogP contribution in [0.5, 0.6) is 0 Å². The predicted molar refractivity (Wildman–Crippen MR) is 68.8 cm³/mol. The van der Waals surface area contributed by atoms with E-state index in [1.165, 1.54) is 32.4 Å². The van der Waals surface area contributed by atoms with Gasteiger partial charge in [-0.25, -0.2) is 0 Å². The zero-order valence-corrected chi connectivity index (χ0v) is 11.2. The van der Waals surface area contributed by atoms with Gasteiger partial charge < -0.3 is 10.1 Å². The van der Waals surface area contributed by atoms with E-state index in [2.05, 4.69) is 24.1 Å². The fraction of sp³-hybridized carbons (Fsp3) is 1.00. The fourth-order valence-corrected chi connectivity index (χ4v) is 2.32. The van der Waals surface area contributed by atoms with E-state index in [1.807, 2.05) is 0 Å². The summed E-state index contributed by atoms with van der Waals surface area (Å²) in [4.78, 5) is 2.59. The quantitative estimate of drug-likeness (QED) is 0.672. The third-order valence-electron chi connectivity index (χ3n) is 3.50. The molecule has 1 unspecified atom stereocenters. The lowest BCUT2D eigenvalue weighted by molar-refractivity contribution is 0.0667. The minimum atomic E-state index is 0.559. The van der Waals surface area contributed by atoms with Gasteiger partial charge in [-0.15, -0.1) is 0 Å². The summed E-state index contributed by atoms with van der Waals surface area (Å²) in [5.74, 6) is 0.906. The minimum absolute atomic E-state index is 0.559. The molecule has 1 atom stereocenters. The summed E-state index contributed by atoms with van der Waals surface area (Å²) in [7, 11) is 1.80. The number of hydrogen-bond acceptors (Lipinski definition) is 3. The van der Waals surface area contributed by atoms with Crippen LogP contribution in [0, 0.1) is 5.92 Å². The molecule has 0 radical (unpaired) electrons. The van der Waals surface area contributed by atoms with E-state index in [9.17, 15) is 0 Å². The van der Waals surface area contributed by atoms with Crippen molar-refractivity contribution >= 4 is 0 Å². The fourth-order valence-electron chi connectivity index (χ4n) is 2.32. The molecule has 96 valence electrons. The van der Waals surface area contributed by atoms with E-state index in [-0.39, 0.29) is 0 Å². The summed E-state index contributed by atoms with van der Waals surface area (Å²) in [6.07, 6.45) is 3.89. The Kier molecular flexibility index (Phi) is 7.01. The second kappa shape index (κ2) is 8.04. The van der Waals surface area contributed by atoms with Gasteiger partial charge in [0.05, 0.1) is 6.61 Å². The molecule has 0 saturated carbocycles. The molecule has 3 heteroatoms. The molecule has 1 aliphatic rings. The first kappa shape index (κ1) is 13.9. The molecule has 0 bridgehead atoms. The number of hydrogen-bond donors (Lipinski definition) is 1. The van der Waals surface area contributed by atoms with Crippen molar-refractivity contribution in [3.05, 3.63) is 0 Å². The van der Waals surface area contributed by atoms with Crippen LogP contribution in [-0.2, 0) is 4.74 Å². The van der Waals surface area contributed by atoms with Gasteiger partial charge in [-0.3, -0.25) is 4.90 Å². The highest BCUT2D eigenvalue weighted by molar-refractivity contribution is 4.78. The van der Waals surface area contributed by atoms with Crippen LogP contribution < -0.4 is 5.32 Å². The summed E-state index contributed by atoms with van der Waals surface area (Å²) in [6, 6.07) is 0.559. The zero-order chi connectivity index (χ0) is 11.8. The molecule has 0 aromatic heterocycles. The molecule has 0 amide bonds. The number of methoxy groups -OCH3 is 1. The SMILES string of the molecule is CCCNCC(COC)N1CCC(C)CC1. The first-order valence-electron chi connectivity index (χ1n) is 6.71. The summed E-state index contributed by atoms with van der Waals surface area (Å²) in [5, 5.41) is 3.51. The van der Waals surface area contributed by atoms with E-state index in [4.69, 9.17) is 4.74 Å². The zero-order valence-electron chi connectivity index (χ0n) is 11.2. The molecule has 0 aromatic carbocycles. The molecular weight excluding hydrogens is 200 g/mol. The number of nitrogens with one attached hydrogen (secondary N) is 1. The van der Waals surface area contributed by atoms with Crippen molar-refractivity contribution in [2.24, 2.45) is 5.92 Å². The summed E-state index contributed by atoms with van der Waals surface area (Å²) in [6.45, 7) is 10.1. The topological polar surface area (TPSA) is 24.5 Å². The van der Waals surface area contributed by atoms with E-state index in [0.29, 0.717) is 6.04 Å². The number of likely N-dealkylation sites (tertiary alicyclic amines) is 1. The van der Waals surface area contributed by atoms with E-state index in [1.54, 1.807) is 7.11 Å². The van der Waals surface area contributed by atoms with Gasteiger partial charge >= 0.3 is 0 Å². The predicted octanol–water partition coefficient (Wildman–Crippen LogP) is 1.73. The van der Waals surface area contributed by atoms with Crippen LogP contribution in [0.4, 0.5) is 0 Å². The summed E-state index contributed by atoms with van der Waals surface area (Å²) >= 11 is 0. The maximum atomic E-state index is 5.33. The molecule has 0 spiro atoms. The van der Waals surface area contributed by atoms with Gasteiger partial charge in [0.25, 0.3) is 0 Å². The molecule has 1 N–H and O–H groups in total. The Morgan fingerprint density at radius 3 is 2.62 bits per heavy atom. The minimum Gasteiger partial charge on any atom is -0.383 e. The van der Waals surface area contributed by atoms with Gasteiger partial charge in [0.2, 0.25) is 0 Å². The molecule has 0 aliphatic carbocycles. The molecule has 3 nitrogen and oxygen atoms in total. The van der Waals surface area contributed by atoms with Gasteiger partial charge in [0.15, 0.2) is 0 Å². The van der Waals surface area contributed by atoms with Crippen molar-refractivity contribution in [3.8, 4) is 0 Å². The van der Waals surface area contributed by atoms with Crippen LogP contribution in [0.2, 0.25) is 0 Å². The second-order valence-corrected chi connectivity index (χ2v) is 5.03. The maximum Gasteiger partial charge on any atom is 0.0630 e. The Balaban J connectivity index is 2.30. The normalized spacial score (nSPS) is 21.2. The monoisotopic (exact) mass is 228 g/mol. The van der Waals surface area contributed by atoms with Crippen molar-refractivity contribution in [2.75, 3.05) is 39.9 Å². The van der Waals surface area contributed by atoms with Crippen molar-refractivity contribution in [3.63, 3.8) is 0 Å². The van der Waals surface area contributed by atoms with Crippen molar-refractivity contribution in [2.45, 2.75) is 39.2 Å². The van der Waals surface area contributed by atoms with Crippen LogP contribution in [0.1, 0.15) is 33.1 Å². The lowest BCUT2D eigenvalue weighted by atomic mass is 9.98. The highest BCUT2D eigenvalue weighted by atomic mass is 16.5. The smallest absolute Gasteiger partial charge is 0.0630 e. The third kappa shape index (κ3) is 4.81. The Morgan fingerprint density at radius 2 is 2.06 bits per heavy atom. The Bertz CT molecular complexity index is 167. The first-order valence-corrected chi connectivity index (χ1v) is 6.71. The number of nitrogens with zero attached hydrogens (tertiary/aromatic N) is 1. The lowest BCUT2D eigenvalue weighted by Crippen LogP contribution is -2.48. The van der Waals surface area contributed by atoms with Gasteiger partial charge in [-0.05, 0) is 44.8 Å². The van der Waals surface area contributed by atoms with Crippen molar-refractivity contribution in [1.82, 2.24) is 10.2 Å². The Labute approximate surface area is 101 Å². The molecule has 0 aromatic rings. The van der Waals surface area contributed by atoms with Crippen LogP contribution in [0.15, 0.2) is 0 Å². The van der Waals surface area contributed by atoms with Gasteiger partial charge in [-0.1, -0.05) is 13.8 Å². The lowest BCUT2D eigenvalue weighted by Gasteiger charge is -2.36. The average Bonchev–Trinajstić information content (AvgIpc) is 2.29. The van der Waals surface area contributed by atoms with Gasteiger partial charge in [0.1, 0.15) is 0 Å². The second-order valence-electron chi connectivity index (χ2n) is 5.03. The molecule has 1 rings (SSSR count). The van der Waals surface area contributed by atoms with E-state index in [0.717, 1.165) is 25.6 Å². The molecule has 1 aliphatic heterocycles. The van der Waals surface area contributed by atoms with Crippen LogP contribution >= 0.6 is 0 Å². The maximum absolute atomic E-state index is 5.33. The van der Waals surface area contributed by atoms with Crippen LogP contribution in [0.25, 0.3) is 0 Å². The molecule has 1 heterocycles. The van der Waals surface area contributed by atoms with Crippen molar-refractivity contribution < 1.29 is 4.74 Å². The van der Waals surface area contributed by atoms with Crippen LogP contribution in [-0.4, -0.2) is 50.8 Å². The average molecular weight is 228 g/mol. The highest BCUT2D eigenvalue weighted by Gasteiger charge is 2.22. The molecule has 1 fully saturated rings. The summed E-state index contributed by atoms with van der Waals surface area (Å²) < 4.78 is 5.33. The highest BCUT2D eigenvalue weighted by Crippen LogP contribution is 2.17. The van der Waals surface area contributed by atoms with Crippen LogP contribution in [0.3, 0.4) is 0 Å². The van der Waals surface area contributed by atoms with Crippen molar-refractivity contribution in [1.29, 1.82) is 0 Å². The third-order valence-corrected chi connectivity index (χ3v) is 3.50. The van der Waals surface area contributed by atoms with Gasteiger partial charge in [0, 0.05) is 19.7 Å². The number of piperidine rings is 1. The largest absolute Gasteiger partial charge is 0.383 e.